The first-order chi connectivity index (χ1) is 14.9. The van der Waals surface area contributed by atoms with Gasteiger partial charge in [-0.3, -0.25) is 29.4 Å². The minimum atomic E-state index is -0.489. The van der Waals surface area contributed by atoms with Crippen molar-refractivity contribution in [1.29, 1.82) is 0 Å². The van der Waals surface area contributed by atoms with Gasteiger partial charge in [-0.25, -0.2) is 0 Å². The van der Waals surface area contributed by atoms with Crippen LogP contribution in [0.4, 0.5) is 11.4 Å². The van der Waals surface area contributed by atoms with E-state index >= 15 is 0 Å². The van der Waals surface area contributed by atoms with Crippen molar-refractivity contribution < 1.29 is 19.3 Å². The molecule has 0 atom stereocenters. The van der Waals surface area contributed by atoms with E-state index in [0.29, 0.717) is 36.9 Å². The van der Waals surface area contributed by atoms with Gasteiger partial charge in [0.2, 0.25) is 11.8 Å². The molecule has 0 bridgehead atoms. The summed E-state index contributed by atoms with van der Waals surface area (Å²) in [5.74, 6) is -0.470. The molecule has 4 rings (SSSR count). The molecule has 0 radical (unpaired) electrons. The zero-order chi connectivity index (χ0) is 22.0. The highest BCUT2D eigenvalue weighted by Crippen LogP contribution is 2.32. The highest BCUT2D eigenvalue weighted by molar-refractivity contribution is 6.09. The number of likely N-dealkylation sites (tertiary alicyclic amines) is 1. The quantitative estimate of drug-likeness (QED) is 0.330. The number of hydrogen-bond acceptors (Lipinski definition) is 6. The van der Waals surface area contributed by atoms with E-state index in [1.54, 1.807) is 42.5 Å². The van der Waals surface area contributed by atoms with Crippen molar-refractivity contribution in [2.75, 3.05) is 5.32 Å². The number of carbonyl (C=O) groups excluding carboxylic acids is 3. The van der Waals surface area contributed by atoms with Crippen LogP contribution >= 0.6 is 0 Å². The second kappa shape index (κ2) is 8.67. The lowest BCUT2D eigenvalue weighted by molar-refractivity contribution is -0.384. The van der Waals surface area contributed by atoms with Crippen LogP contribution in [-0.2, 0) is 9.59 Å². The fourth-order valence-corrected chi connectivity index (χ4v) is 4.40. The molecule has 1 N–H and O–H groups in total. The van der Waals surface area contributed by atoms with E-state index in [1.807, 2.05) is 0 Å². The summed E-state index contributed by atoms with van der Waals surface area (Å²) in [6, 6.07) is 13.0. The highest BCUT2D eigenvalue weighted by atomic mass is 16.6. The predicted molar refractivity (Wildman–Crippen MR) is 114 cm³/mol. The number of nitro groups is 1. The van der Waals surface area contributed by atoms with E-state index < -0.39 is 4.92 Å². The summed E-state index contributed by atoms with van der Waals surface area (Å²) in [7, 11) is 0. The number of amides is 2. The van der Waals surface area contributed by atoms with Crippen LogP contribution in [0.2, 0.25) is 0 Å². The molecule has 1 saturated heterocycles. The molecule has 2 fully saturated rings. The summed E-state index contributed by atoms with van der Waals surface area (Å²) in [6.07, 6.45) is 3.32. The molecule has 1 heterocycles. The zero-order valence-electron chi connectivity index (χ0n) is 17.0. The normalized spacial score (nSPS) is 21.2. The first-order valence-electron chi connectivity index (χ1n) is 10.4. The second-order valence-corrected chi connectivity index (χ2v) is 7.99. The number of rotatable bonds is 6. The average Bonchev–Trinajstić information content (AvgIpc) is 3.12. The topological polar surface area (TPSA) is 110 Å². The lowest BCUT2D eigenvalue weighted by atomic mass is 9.90. The van der Waals surface area contributed by atoms with Gasteiger partial charge in [0.15, 0.2) is 5.78 Å². The molecule has 31 heavy (non-hydrogen) atoms. The maximum absolute atomic E-state index is 12.6. The van der Waals surface area contributed by atoms with E-state index in [-0.39, 0.29) is 53.8 Å². The highest BCUT2D eigenvalue weighted by Gasteiger charge is 2.37. The van der Waals surface area contributed by atoms with Crippen molar-refractivity contribution in [3.05, 3.63) is 69.8 Å². The largest absolute Gasteiger partial charge is 0.377 e. The molecule has 1 saturated carbocycles. The lowest BCUT2D eigenvalue weighted by Gasteiger charge is -2.34. The van der Waals surface area contributed by atoms with Crippen LogP contribution in [0, 0.1) is 10.1 Å². The van der Waals surface area contributed by atoms with Gasteiger partial charge in [-0.1, -0.05) is 30.3 Å². The number of anilines is 1. The Morgan fingerprint density at radius 1 is 0.935 bits per heavy atom. The second-order valence-electron chi connectivity index (χ2n) is 7.99. The number of ketones is 1. The van der Waals surface area contributed by atoms with E-state index in [2.05, 4.69) is 5.32 Å². The fourth-order valence-electron chi connectivity index (χ4n) is 4.40. The van der Waals surface area contributed by atoms with Gasteiger partial charge in [0, 0.05) is 42.1 Å². The van der Waals surface area contributed by atoms with Gasteiger partial charge in [-0.15, -0.1) is 0 Å². The maximum atomic E-state index is 12.6. The van der Waals surface area contributed by atoms with Crippen LogP contribution in [0.15, 0.2) is 48.5 Å². The number of nitro benzene ring substituents is 1. The van der Waals surface area contributed by atoms with Crippen molar-refractivity contribution >= 4 is 29.0 Å². The van der Waals surface area contributed by atoms with Gasteiger partial charge >= 0.3 is 0 Å². The van der Waals surface area contributed by atoms with Crippen molar-refractivity contribution in [3.8, 4) is 0 Å². The summed E-state index contributed by atoms with van der Waals surface area (Å²) in [4.78, 5) is 49.1. The Kier molecular flexibility index (Phi) is 5.79. The summed E-state index contributed by atoms with van der Waals surface area (Å²) >= 11 is 0. The van der Waals surface area contributed by atoms with Crippen molar-refractivity contribution in [2.24, 2.45) is 0 Å². The summed E-state index contributed by atoms with van der Waals surface area (Å²) < 4.78 is 0. The molecule has 0 unspecified atom stereocenters. The maximum Gasteiger partial charge on any atom is 0.293 e. The van der Waals surface area contributed by atoms with Gasteiger partial charge in [0.05, 0.1) is 4.92 Å². The Morgan fingerprint density at radius 3 is 2.19 bits per heavy atom. The average molecular weight is 421 g/mol. The van der Waals surface area contributed by atoms with Crippen LogP contribution in [0.5, 0.6) is 0 Å². The lowest BCUT2D eigenvalue weighted by Crippen LogP contribution is -2.43. The van der Waals surface area contributed by atoms with Crippen molar-refractivity contribution in [3.63, 3.8) is 0 Å². The standard InChI is InChI=1S/C23H23N3O5/c27-21-12-13-22(28)25(21)18-9-7-17(8-10-18)24-19-11-6-16(14-20(19)26(30)31)23(29)15-4-2-1-3-5-15/h1-6,11,14,17-18,24H,7-10,12-13H2. The van der Waals surface area contributed by atoms with Gasteiger partial charge < -0.3 is 5.32 Å². The van der Waals surface area contributed by atoms with Gasteiger partial charge in [-0.2, -0.15) is 0 Å². The Bertz CT molecular complexity index is 1010. The number of benzene rings is 2. The van der Waals surface area contributed by atoms with E-state index in [1.165, 1.54) is 11.0 Å². The predicted octanol–water partition coefficient (Wildman–Crippen LogP) is 3.70. The number of carbonyl (C=O) groups is 3. The molecule has 2 aromatic carbocycles. The smallest absolute Gasteiger partial charge is 0.293 e. The Balaban J connectivity index is 1.45. The molecule has 0 aromatic heterocycles. The Labute approximate surface area is 179 Å². The zero-order valence-corrected chi connectivity index (χ0v) is 17.0. The van der Waals surface area contributed by atoms with Crippen LogP contribution in [-0.4, -0.2) is 39.5 Å². The molecule has 1 aliphatic heterocycles. The first kappa shape index (κ1) is 20.7. The first-order valence-corrected chi connectivity index (χ1v) is 10.4. The molecule has 2 aromatic rings. The van der Waals surface area contributed by atoms with Crippen LogP contribution in [0.25, 0.3) is 0 Å². The van der Waals surface area contributed by atoms with Crippen LogP contribution in [0.1, 0.15) is 54.4 Å². The van der Waals surface area contributed by atoms with E-state index in [4.69, 9.17) is 0 Å². The van der Waals surface area contributed by atoms with Crippen LogP contribution < -0.4 is 5.32 Å². The molecule has 8 heteroatoms. The molecule has 1 aliphatic carbocycles. The fraction of sp³-hybridized carbons (Fsp3) is 0.348. The molecule has 2 amide bonds. The Hall–Kier alpha value is -3.55. The molecule has 8 nitrogen and oxygen atoms in total. The number of nitrogens with zero attached hydrogens (tertiary/aromatic N) is 2. The molecular formula is C23H23N3O5. The van der Waals surface area contributed by atoms with Gasteiger partial charge in [0.25, 0.3) is 5.69 Å². The third-order valence-corrected chi connectivity index (χ3v) is 6.00. The SMILES string of the molecule is O=C(c1ccccc1)c1ccc(NC2CCC(N3C(=O)CCC3=O)CC2)c([N+](=O)[O-])c1. The van der Waals surface area contributed by atoms with Crippen molar-refractivity contribution in [1.82, 2.24) is 4.90 Å². The van der Waals surface area contributed by atoms with E-state index in [9.17, 15) is 24.5 Å². The molecule has 160 valence electrons. The number of nitrogens with one attached hydrogen (secondary N) is 1. The molecular weight excluding hydrogens is 398 g/mol. The Morgan fingerprint density at radius 2 is 1.58 bits per heavy atom. The van der Waals surface area contributed by atoms with Gasteiger partial charge in [-0.05, 0) is 37.8 Å². The minimum Gasteiger partial charge on any atom is -0.377 e. The van der Waals surface area contributed by atoms with Crippen molar-refractivity contribution in [2.45, 2.75) is 50.6 Å². The molecule has 2 aliphatic rings. The van der Waals surface area contributed by atoms with E-state index in [0.717, 1.165) is 0 Å². The monoisotopic (exact) mass is 421 g/mol. The third-order valence-electron chi connectivity index (χ3n) is 6.00. The summed E-state index contributed by atoms with van der Waals surface area (Å²) in [5, 5.41) is 14.9. The minimum absolute atomic E-state index is 0.00145. The van der Waals surface area contributed by atoms with Gasteiger partial charge in [0.1, 0.15) is 5.69 Å². The number of imide groups is 1. The summed E-state index contributed by atoms with van der Waals surface area (Å²) in [5.41, 5.74) is 0.959. The summed E-state index contributed by atoms with van der Waals surface area (Å²) in [6.45, 7) is 0. The third kappa shape index (κ3) is 4.33. The molecule has 0 spiro atoms. The number of hydrogen-bond donors (Lipinski definition) is 1. The van der Waals surface area contributed by atoms with Crippen LogP contribution in [0.3, 0.4) is 0 Å².